The van der Waals surface area contributed by atoms with Crippen LogP contribution in [-0.2, 0) is 0 Å². The highest BCUT2D eigenvalue weighted by Crippen LogP contribution is 2.38. The highest BCUT2D eigenvalue weighted by Gasteiger charge is 2.11. The molecule has 0 amide bonds. The molecular formula is C10H10BrClO2. The normalized spacial score (nSPS) is 9.93. The second kappa shape index (κ2) is 4.71. The highest BCUT2D eigenvalue weighted by atomic mass is 79.9. The van der Waals surface area contributed by atoms with E-state index < -0.39 is 0 Å². The first kappa shape index (κ1) is 11.4. The molecule has 0 unspecified atom stereocenters. The van der Waals surface area contributed by atoms with Gasteiger partial charge in [0.15, 0.2) is 11.5 Å². The van der Waals surface area contributed by atoms with Gasteiger partial charge in [-0.25, -0.2) is 0 Å². The number of hydrogen-bond donors (Lipinski definition) is 1. The van der Waals surface area contributed by atoms with Crippen molar-refractivity contribution in [3.63, 3.8) is 0 Å². The Kier molecular flexibility index (Phi) is 3.84. The molecule has 1 N–H and O–H groups in total. The molecule has 0 saturated heterocycles. The summed E-state index contributed by atoms with van der Waals surface area (Å²) in [6, 6.07) is 3.47. The Labute approximate surface area is 96.3 Å². The Morgan fingerprint density at radius 3 is 2.79 bits per heavy atom. The summed E-state index contributed by atoms with van der Waals surface area (Å²) in [4.78, 5) is 0. The lowest BCUT2D eigenvalue weighted by atomic mass is 10.1. The van der Waals surface area contributed by atoms with E-state index in [1.165, 1.54) is 7.11 Å². The van der Waals surface area contributed by atoms with Crippen molar-refractivity contribution in [1.82, 2.24) is 0 Å². The summed E-state index contributed by atoms with van der Waals surface area (Å²) in [6.07, 6.45) is 0. The zero-order valence-electron chi connectivity index (χ0n) is 7.68. The number of phenolic OH excluding ortho intramolecular Hbond substituents is 1. The molecule has 14 heavy (non-hydrogen) atoms. The van der Waals surface area contributed by atoms with Crippen LogP contribution in [-0.4, -0.2) is 18.1 Å². The van der Waals surface area contributed by atoms with Crippen LogP contribution in [0.25, 0.3) is 5.57 Å². The maximum absolute atomic E-state index is 9.67. The van der Waals surface area contributed by atoms with Gasteiger partial charge in [0, 0.05) is 5.88 Å². The fraction of sp³-hybridized carbons (Fsp3) is 0.200. The van der Waals surface area contributed by atoms with E-state index in [9.17, 15) is 5.11 Å². The predicted molar refractivity (Wildman–Crippen MR) is 62.1 cm³/mol. The van der Waals surface area contributed by atoms with Gasteiger partial charge in [-0.1, -0.05) is 6.58 Å². The first-order valence-corrected chi connectivity index (χ1v) is 5.24. The number of rotatable bonds is 3. The Balaban J connectivity index is 3.24. The second-order valence-electron chi connectivity index (χ2n) is 2.72. The Morgan fingerprint density at radius 2 is 2.29 bits per heavy atom. The maximum atomic E-state index is 9.67. The molecule has 0 aliphatic heterocycles. The van der Waals surface area contributed by atoms with E-state index in [0.29, 0.717) is 16.1 Å². The minimum absolute atomic E-state index is 0.0660. The van der Waals surface area contributed by atoms with Gasteiger partial charge < -0.3 is 9.84 Å². The molecule has 0 heterocycles. The van der Waals surface area contributed by atoms with E-state index in [2.05, 4.69) is 22.5 Å². The Bertz CT molecular complexity index is 363. The fourth-order valence-electron chi connectivity index (χ4n) is 1.06. The number of ether oxygens (including phenoxy) is 1. The zero-order valence-corrected chi connectivity index (χ0v) is 10.0. The highest BCUT2D eigenvalue weighted by molar-refractivity contribution is 9.10. The molecular weight excluding hydrogens is 267 g/mol. The summed E-state index contributed by atoms with van der Waals surface area (Å²) in [5.74, 6) is 0.809. The SMILES string of the molecule is C=C(CCl)c1ccc(OC)c(O)c1Br. The molecule has 2 nitrogen and oxygen atoms in total. The summed E-state index contributed by atoms with van der Waals surface area (Å²) < 4.78 is 5.51. The van der Waals surface area contributed by atoms with E-state index in [0.717, 1.165) is 11.1 Å². The van der Waals surface area contributed by atoms with Crippen molar-refractivity contribution >= 4 is 33.1 Å². The molecule has 4 heteroatoms. The topological polar surface area (TPSA) is 29.5 Å². The number of alkyl halides is 1. The maximum Gasteiger partial charge on any atom is 0.172 e. The lowest BCUT2D eigenvalue weighted by molar-refractivity contribution is 0.372. The molecule has 0 aliphatic rings. The van der Waals surface area contributed by atoms with Crippen LogP contribution in [0.15, 0.2) is 23.2 Å². The molecule has 76 valence electrons. The van der Waals surface area contributed by atoms with Gasteiger partial charge in [0.25, 0.3) is 0 Å². The summed E-state index contributed by atoms with van der Waals surface area (Å²) in [5, 5.41) is 9.67. The number of phenols is 1. The lowest BCUT2D eigenvalue weighted by Gasteiger charge is -2.10. The lowest BCUT2D eigenvalue weighted by Crippen LogP contribution is -1.90. The van der Waals surface area contributed by atoms with Crippen LogP contribution < -0.4 is 4.74 Å². The monoisotopic (exact) mass is 276 g/mol. The van der Waals surface area contributed by atoms with Crippen LogP contribution in [0.1, 0.15) is 5.56 Å². The van der Waals surface area contributed by atoms with Gasteiger partial charge in [-0.2, -0.15) is 0 Å². The van der Waals surface area contributed by atoms with Gasteiger partial charge >= 0.3 is 0 Å². The Morgan fingerprint density at radius 1 is 1.64 bits per heavy atom. The van der Waals surface area contributed by atoms with Crippen molar-refractivity contribution in [2.24, 2.45) is 0 Å². The van der Waals surface area contributed by atoms with Crippen LogP contribution in [0.3, 0.4) is 0 Å². The molecule has 1 rings (SSSR count). The number of aromatic hydroxyl groups is 1. The molecule has 0 bridgehead atoms. The van der Waals surface area contributed by atoms with Crippen molar-refractivity contribution < 1.29 is 9.84 Å². The fourth-order valence-corrected chi connectivity index (χ4v) is 1.81. The molecule has 1 aromatic carbocycles. The number of hydrogen-bond acceptors (Lipinski definition) is 2. The van der Waals surface area contributed by atoms with Crippen molar-refractivity contribution in [3.8, 4) is 11.5 Å². The first-order chi connectivity index (χ1) is 6.61. The van der Waals surface area contributed by atoms with E-state index in [-0.39, 0.29) is 5.75 Å². The van der Waals surface area contributed by atoms with E-state index in [1.807, 2.05) is 0 Å². The molecule has 0 fully saturated rings. The third kappa shape index (κ3) is 2.04. The predicted octanol–water partition coefficient (Wildman–Crippen LogP) is 3.42. The average molecular weight is 278 g/mol. The summed E-state index contributed by atoms with van der Waals surface area (Å²) >= 11 is 8.92. The summed E-state index contributed by atoms with van der Waals surface area (Å²) in [6.45, 7) is 3.79. The minimum atomic E-state index is 0.0660. The number of allylic oxidation sites excluding steroid dienone is 1. The van der Waals surface area contributed by atoms with Crippen LogP contribution in [0.4, 0.5) is 0 Å². The molecule has 1 aromatic rings. The first-order valence-electron chi connectivity index (χ1n) is 3.91. The average Bonchev–Trinajstić information content (AvgIpc) is 2.21. The van der Waals surface area contributed by atoms with Gasteiger partial charge in [0.2, 0.25) is 0 Å². The van der Waals surface area contributed by atoms with Crippen LogP contribution >= 0.6 is 27.5 Å². The molecule has 0 atom stereocenters. The minimum Gasteiger partial charge on any atom is -0.503 e. The molecule has 0 saturated carbocycles. The van der Waals surface area contributed by atoms with E-state index >= 15 is 0 Å². The Hall–Kier alpha value is -0.670. The standard InChI is InChI=1S/C10H10BrClO2/c1-6(5-12)7-3-4-8(14-2)10(13)9(7)11/h3-4,13H,1,5H2,2H3. The van der Waals surface area contributed by atoms with Crippen LogP contribution in [0.2, 0.25) is 0 Å². The molecule has 0 spiro atoms. The van der Waals surface area contributed by atoms with Crippen molar-refractivity contribution in [2.75, 3.05) is 13.0 Å². The van der Waals surface area contributed by atoms with Gasteiger partial charge in [-0.15, -0.1) is 11.6 Å². The zero-order chi connectivity index (χ0) is 10.7. The van der Waals surface area contributed by atoms with Gasteiger partial charge in [-0.05, 0) is 39.2 Å². The molecule has 0 aromatic heterocycles. The quantitative estimate of drug-likeness (QED) is 0.858. The smallest absolute Gasteiger partial charge is 0.172 e. The molecule has 0 aliphatic carbocycles. The van der Waals surface area contributed by atoms with Crippen LogP contribution in [0.5, 0.6) is 11.5 Å². The summed E-state index contributed by atoms with van der Waals surface area (Å²) in [7, 11) is 1.50. The number of methoxy groups -OCH3 is 1. The molecule has 0 radical (unpaired) electrons. The van der Waals surface area contributed by atoms with Crippen LogP contribution in [0, 0.1) is 0 Å². The van der Waals surface area contributed by atoms with Gasteiger partial charge in [0.1, 0.15) is 0 Å². The van der Waals surface area contributed by atoms with E-state index in [1.54, 1.807) is 12.1 Å². The van der Waals surface area contributed by atoms with Crippen molar-refractivity contribution in [1.29, 1.82) is 0 Å². The van der Waals surface area contributed by atoms with E-state index in [4.69, 9.17) is 16.3 Å². The number of benzene rings is 1. The van der Waals surface area contributed by atoms with Crippen molar-refractivity contribution in [3.05, 3.63) is 28.7 Å². The van der Waals surface area contributed by atoms with Crippen molar-refractivity contribution in [2.45, 2.75) is 0 Å². The summed E-state index contributed by atoms with van der Waals surface area (Å²) in [5.41, 5.74) is 1.54. The third-order valence-electron chi connectivity index (χ3n) is 1.84. The largest absolute Gasteiger partial charge is 0.503 e. The third-order valence-corrected chi connectivity index (χ3v) is 2.97. The van der Waals surface area contributed by atoms with Gasteiger partial charge in [-0.3, -0.25) is 0 Å². The second-order valence-corrected chi connectivity index (χ2v) is 3.78. The number of halogens is 2. The van der Waals surface area contributed by atoms with Gasteiger partial charge in [0.05, 0.1) is 11.6 Å².